The second kappa shape index (κ2) is 3.64. The molecule has 2 heteroatoms. The van der Waals surface area contributed by atoms with Crippen LogP contribution in [0.1, 0.15) is 13.3 Å². The third-order valence-corrected chi connectivity index (χ3v) is 3.09. The Labute approximate surface area is 78.9 Å². The molecule has 0 fully saturated rings. The highest BCUT2D eigenvalue weighted by atomic mass is 16.5. The molecule has 2 aliphatic rings. The van der Waals surface area contributed by atoms with Gasteiger partial charge in [0, 0.05) is 5.92 Å². The van der Waals surface area contributed by atoms with E-state index < -0.39 is 0 Å². The summed E-state index contributed by atoms with van der Waals surface area (Å²) < 4.78 is 5.35. The average molecular weight is 180 g/mol. The predicted octanol–water partition coefficient (Wildman–Crippen LogP) is 1.52. The van der Waals surface area contributed by atoms with Crippen LogP contribution in [0.5, 0.6) is 0 Å². The highest BCUT2D eigenvalue weighted by molar-refractivity contribution is 5.36. The van der Waals surface area contributed by atoms with E-state index in [1.165, 1.54) is 17.6 Å². The number of hydrogen-bond donors (Lipinski definition) is 1. The molecule has 2 rings (SSSR count). The number of ether oxygens (including phenoxy) is 1. The second-order valence-electron chi connectivity index (χ2n) is 3.82. The van der Waals surface area contributed by atoms with E-state index in [1.54, 1.807) is 0 Å². The van der Waals surface area contributed by atoms with Crippen LogP contribution in [0.25, 0.3) is 0 Å². The van der Waals surface area contributed by atoms with Gasteiger partial charge < -0.3 is 9.84 Å². The molecular formula is C11H16O2. The van der Waals surface area contributed by atoms with E-state index in [1.807, 2.05) is 0 Å². The summed E-state index contributed by atoms with van der Waals surface area (Å²) in [6.07, 6.45) is 5.84. The van der Waals surface area contributed by atoms with Crippen molar-refractivity contribution in [2.45, 2.75) is 13.3 Å². The summed E-state index contributed by atoms with van der Waals surface area (Å²) in [6.45, 7) is 3.48. The highest BCUT2D eigenvalue weighted by Crippen LogP contribution is 2.43. The summed E-state index contributed by atoms with van der Waals surface area (Å²) in [7, 11) is 0. The van der Waals surface area contributed by atoms with Gasteiger partial charge in [0.05, 0.1) is 19.8 Å². The molecule has 2 atom stereocenters. The van der Waals surface area contributed by atoms with Crippen LogP contribution in [0.2, 0.25) is 0 Å². The van der Waals surface area contributed by atoms with Crippen molar-refractivity contribution >= 4 is 0 Å². The molecule has 0 spiro atoms. The Hall–Kier alpha value is -0.600. The quantitative estimate of drug-likeness (QED) is 0.525. The smallest absolute Gasteiger partial charge is 0.0702 e. The lowest BCUT2D eigenvalue weighted by Gasteiger charge is -2.13. The summed E-state index contributed by atoms with van der Waals surface area (Å²) in [5, 5.41) is 8.58. The molecule has 0 aromatic rings. The minimum atomic E-state index is 0.121. The van der Waals surface area contributed by atoms with Crippen LogP contribution in [0.15, 0.2) is 23.3 Å². The molecule has 0 radical (unpaired) electrons. The molecule has 0 heterocycles. The number of fused-ring (bicyclic) bond motifs is 2. The molecular weight excluding hydrogens is 164 g/mol. The van der Waals surface area contributed by atoms with Gasteiger partial charge in [-0.3, -0.25) is 0 Å². The van der Waals surface area contributed by atoms with Gasteiger partial charge in [0.1, 0.15) is 0 Å². The molecule has 2 bridgehead atoms. The fraction of sp³-hybridized carbons (Fsp3) is 0.636. The molecule has 1 N–H and O–H groups in total. The van der Waals surface area contributed by atoms with Gasteiger partial charge in [-0.25, -0.2) is 0 Å². The minimum Gasteiger partial charge on any atom is -0.394 e. The Morgan fingerprint density at radius 1 is 1.46 bits per heavy atom. The third kappa shape index (κ3) is 1.56. The third-order valence-electron chi connectivity index (χ3n) is 3.09. The van der Waals surface area contributed by atoms with Crippen LogP contribution in [0, 0.1) is 11.8 Å². The highest BCUT2D eigenvalue weighted by Gasteiger charge is 2.32. The number of rotatable bonds is 4. The molecule has 0 amide bonds. The molecule has 0 aliphatic heterocycles. The fourth-order valence-corrected chi connectivity index (χ4v) is 2.28. The van der Waals surface area contributed by atoms with Crippen molar-refractivity contribution < 1.29 is 9.84 Å². The van der Waals surface area contributed by atoms with Crippen molar-refractivity contribution in [3.05, 3.63) is 23.3 Å². The standard InChI is InChI=1S/C11H16O2/c1-8-9-2-3-10(6-9)11(8)7-13-5-4-12/h2-3,9-10,12H,4-7H2,1H3/t9-,10+/m0/s1. The molecule has 2 aliphatic carbocycles. The zero-order chi connectivity index (χ0) is 9.26. The summed E-state index contributed by atoms with van der Waals surface area (Å²) >= 11 is 0. The van der Waals surface area contributed by atoms with Crippen molar-refractivity contribution in [1.82, 2.24) is 0 Å². The largest absolute Gasteiger partial charge is 0.394 e. The SMILES string of the molecule is CC1=C(COCCO)[C@@H]2C=C[C@H]1C2. The molecule has 0 unspecified atom stereocenters. The number of aliphatic hydroxyl groups excluding tert-OH is 1. The molecule has 0 aromatic heterocycles. The van der Waals surface area contributed by atoms with Crippen LogP contribution >= 0.6 is 0 Å². The summed E-state index contributed by atoms with van der Waals surface area (Å²) in [5.41, 5.74) is 2.94. The van der Waals surface area contributed by atoms with E-state index in [9.17, 15) is 0 Å². The lowest BCUT2D eigenvalue weighted by Crippen LogP contribution is -2.08. The lowest BCUT2D eigenvalue weighted by molar-refractivity contribution is 0.105. The molecule has 2 nitrogen and oxygen atoms in total. The lowest BCUT2D eigenvalue weighted by atomic mass is 9.99. The van der Waals surface area contributed by atoms with Gasteiger partial charge in [-0.2, -0.15) is 0 Å². The van der Waals surface area contributed by atoms with Crippen molar-refractivity contribution in [3.8, 4) is 0 Å². The van der Waals surface area contributed by atoms with E-state index in [0.29, 0.717) is 25.0 Å². The number of allylic oxidation sites excluding steroid dienone is 3. The van der Waals surface area contributed by atoms with Gasteiger partial charge in [-0.05, 0) is 24.8 Å². The number of aliphatic hydroxyl groups is 1. The van der Waals surface area contributed by atoms with Crippen molar-refractivity contribution in [3.63, 3.8) is 0 Å². The molecule has 0 aromatic carbocycles. The maximum atomic E-state index is 8.58. The molecule has 72 valence electrons. The maximum absolute atomic E-state index is 8.58. The Bertz CT molecular complexity index is 253. The topological polar surface area (TPSA) is 29.5 Å². The van der Waals surface area contributed by atoms with E-state index >= 15 is 0 Å². The van der Waals surface area contributed by atoms with Gasteiger partial charge in [0.2, 0.25) is 0 Å². The minimum absolute atomic E-state index is 0.121. The Morgan fingerprint density at radius 3 is 2.85 bits per heavy atom. The average Bonchev–Trinajstić information content (AvgIpc) is 2.69. The first-order valence-corrected chi connectivity index (χ1v) is 4.89. The van der Waals surface area contributed by atoms with Crippen LogP contribution in [-0.2, 0) is 4.74 Å². The van der Waals surface area contributed by atoms with Gasteiger partial charge >= 0.3 is 0 Å². The van der Waals surface area contributed by atoms with Gasteiger partial charge in [-0.1, -0.05) is 17.7 Å². The summed E-state index contributed by atoms with van der Waals surface area (Å²) in [5.74, 6) is 1.31. The van der Waals surface area contributed by atoms with E-state index in [0.717, 1.165) is 0 Å². The van der Waals surface area contributed by atoms with Gasteiger partial charge in [0.25, 0.3) is 0 Å². The first kappa shape index (κ1) is 8.97. The van der Waals surface area contributed by atoms with Crippen LogP contribution < -0.4 is 0 Å². The van der Waals surface area contributed by atoms with Gasteiger partial charge in [0.15, 0.2) is 0 Å². The summed E-state index contributed by atoms with van der Waals surface area (Å²) in [4.78, 5) is 0. The normalized spacial score (nSPS) is 30.6. The molecule has 13 heavy (non-hydrogen) atoms. The zero-order valence-electron chi connectivity index (χ0n) is 7.99. The second-order valence-corrected chi connectivity index (χ2v) is 3.82. The Balaban J connectivity index is 1.92. The molecule has 0 saturated carbocycles. The summed E-state index contributed by atoms with van der Waals surface area (Å²) in [6, 6.07) is 0. The van der Waals surface area contributed by atoms with Crippen molar-refractivity contribution in [2.24, 2.45) is 11.8 Å². The van der Waals surface area contributed by atoms with E-state index in [2.05, 4.69) is 19.1 Å². The zero-order valence-corrected chi connectivity index (χ0v) is 7.99. The first-order valence-electron chi connectivity index (χ1n) is 4.89. The predicted molar refractivity (Wildman–Crippen MR) is 51.3 cm³/mol. The van der Waals surface area contributed by atoms with Crippen LogP contribution in [-0.4, -0.2) is 24.9 Å². The maximum Gasteiger partial charge on any atom is 0.0702 e. The van der Waals surface area contributed by atoms with Gasteiger partial charge in [-0.15, -0.1) is 0 Å². The van der Waals surface area contributed by atoms with E-state index in [-0.39, 0.29) is 6.61 Å². The first-order chi connectivity index (χ1) is 6.33. The monoisotopic (exact) mass is 180 g/mol. The van der Waals surface area contributed by atoms with E-state index in [4.69, 9.17) is 9.84 Å². The fourth-order valence-electron chi connectivity index (χ4n) is 2.28. The number of hydrogen-bond acceptors (Lipinski definition) is 2. The van der Waals surface area contributed by atoms with Crippen molar-refractivity contribution in [2.75, 3.05) is 19.8 Å². The molecule has 0 saturated heterocycles. The Morgan fingerprint density at radius 2 is 2.23 bits per heavy atom. The van der Waals surface area contributed by atoms with Crippen LogP contribution in [0.4, 0.5) is 0 Å². The van der Waals surface area contributed by atoms with Crippen molar-refractivity contribution in [1.29, 1.82) is 0 Å². The Kier molecular flexibility index (Phi) is 2.51. The van der Waals surface area contributed by atoms with Crippen LogP contribution in [0.3, 0.4) is 0 Å².